The molecule has 1 aliphatic heterocycles. The highest BCUT2D eigenvalue weighted by atomic mass is 16.6. The maximum atomic E-state index is 9.74. The fourth-order valence-corrected chi connectivity index (χ4v) is 0.588. The van der Waals surface area contributed by atoms with Gasteiger partial charge in [-0.05, 0) is 0 Å². The Kier molecular flexibility index (Phi) is 1.62. The van der Waals surface area contributed by atoms with E-state index in [2.05, 4.69) is 4.99 Å². The standard InChI is InChI=1S/C5H7NO3/c1-8-5(6-4-7)2-9-3-5/h2-3H2,1H3. The van der Waals surface area contributed by atoms with Crippen LogP contribution < -0.4 is 0 Å². The van der Waals surface area contributed by atoms with Crippen molar-refractivity contribution >= 4 is 6.08 Å². The van der Waals surface area contributed by atoms with E-state index >= 15 is 0 Å². The Morgan fingerprint density at radius 3 is 2.56 bits per heavy atom. The van der Waals surface area contributed by atoms with Gasteiger partial charge in [0.15, 0.2) is 0 Å². The van der Waals surface area contributed by atoms with Crippen LogP contribution in [0.25, 0.3) is 0 Å². The number of isocyanates is 1. The molecular formula is C5H7NO3. The fraction of sp³-hybridized carbons (Fsp3) is 0.800. The summed E-state index contributed by atoms with van der Waals surface area (Å²) in [5.41, 5.74) is -0.707. The molecule has 0 spiro atoms. The van der Waals surface area contributed by atoms with Crippen molar-refractivity contribution in [3.63, 3.8) is 0 Å². The largest absolute Gasteiger partial charge is 0.371 e. The van der Waals surface area contributed by atoms with Gasteiger partial charge in [0, 0.05) is 7.11 Å². The molecule has 1 heterocycles. The van der Waals surface area contributed by atoms with Crippen molar-refractivity contribution in [2.24, 2.45) is 4.99 Å². The number of hydrogen-bond donors (Lipinski definition) is 0. The molecule has 0 atom stereocenters. The van der Waals surface area contributed by atoms with Crippen molar-refractivity contribution in [3.8, 4) is 0 Å². The van der Waals surface area contributed by atoms with E-state index < -0.39 is 5.72 Å². The van der Waals surface area contributed by atoms with Gasteiger partial charge in [0.05, 0.1) is 13.2 Å². The molecular weight excluding hydrogens is 122 g/mol. The Hall–Kier alpha value is -0.700. The SMILES string of the molecule is COC1(N=C=O)COC1. The third-order valence-electron chi connectivity index (χ3n) is 1.28. The lowest BCUT2D eigenvalue weighted by atomic mass is 10.2. The molecule has 0 radical (unpaired) electrons. The van der Waals surface area contributed by atoms with E-state index in [1.165, 1.54) is 13.2 Å². The van der Waals surface area contributed by atoms with Crippen molar-refractivity contribution in [2.75, 3.05) is 20.3 Å². The predicted molar refractivity (Wildman–Crippen MR) is 28.7 cm³/mol. The van der Waals surface area contributed by atoms with Gasteiger partial charge in [-0.15, -0.1) is 0 Å². The molecule has 0 amide bonds. The number of ether oxygens (including phenoxy) is 2. The van der Waals surface area contributed by atoms with Gasteiger partial charge < -0.3 is 9.47 Å². The van der Waals surface area contributed by atoms with Gasteiger partial charge in [-0.1, -0.05) is 0 Å². The summed E-state index contributed by atoms with van der Waals surface area (Å²) in [5, 5.41) is 0. The van der Waals surface area contributed by atoms with E-state index in [-0.39, 0.29) is 0 Å². The Balaban J connectivity index is 2.56. The van der Waals surface area contributed by atoms with Gasteiger partial charge >= 0.3 is 0 Å². The van der Waals surface area contributed by atoms with Crippen LogP contribution in [0.4, 0.5) is 0 Å². The Morgan fingerprint density at radius 2 is 2.44 bits per heavy atom. The van der Waals surface area contributed by atoms with Crippen LogP contribution in [-0.4, -0.2) is 32.1 Å². The lowest BCUT2D eigenvalue weighted by Gasteiger charge is -2.34. The van der Waals surface area contributed by atoms with Crippen molar-refractivity contribution in [3.05, 3.63) is 0 Å². The van der Waals surface area contributed by atoms with E-state index in [0.717, 1.165) is 0 Å². The first-order chi connectivity index (χ1) is 4.33. The molecule has 0 bridgehead atoms. The van der Waals surface area contributed by atoms with Gasteiger partial charge in [-0.25, -0.2) is 4.79 Å². The minimum absolute atomic E-state index is 0.360. The van der Waals surface area contributed by atoms with Crippen molar-refractivity contribution in [2.45, 2.75) is 5.72 Å². The van der Waals surface area contributed by atoms with Crippen molar-refractivity contribution in [1.29, 1.82) is 0 Å². The monoisotopic (exact) mass is 129 g/mol. The van der Waals surface area contributed by atoms with E-state index in [0.29, 0.717) is 13.2 Å². The van der Waals surface area contributed by atoms with E-state index in [1.54, 1.807) is 0 Å². The van der Waals surface area contributed by atoms with Crippen molar-refractivity contribution in [1.82, 2.24) is 0 Å². The van der Waals surface area contributed by atoms with Crippen LogP contribution in [0.5, 0.6) is 0 Å². The molecule has 0 aliphatic carbocycles. The zero-order valence-corrected chi connectivity index (χ0v) is 5.09. The van der Waals surface area contributed by atoms with E-state index in [1.807, 2.05) is 0 Å². The first-order valence-corrected chi connectivity index (χ1v) is 2.55. The minimum atomic E-state index is -0.707. The highest BCUT2D eigenvalue weighted by molar-refractivity contribution is 5.34. The van der Waals surface area contributed by atoms with Gasteiger partial charge in [-0.3, -0.25) is 0 Å². The van der Waals surface area contributed by atoms with E-state index in [9.17, 15) is 4.79 Å². The van der Waals surface area contributed by atoms with Gasteiger partial charge in [0.2, 0.25) is 11.8 Å². The smallest absolute Gasteiger partial charge is 0.238 e. The molecule has 1 saturated heterocycles. The summed E-state index contributed by atoms with van der Waals surface area (Å²) >= 11 is 0. The molecule has 0 aromatic rings. The van der Waals surface area contributed by atoms with Gasteiger partial charge in [0.25, 0.3) is 0 Å². The molecule has 0 aromatic carbocycles. The van der Waals surface area contributed by atoms with Crippen LogP contribution in [0.1, 0.15) is 0 Å². The fourth-order valence-electron chi connectivity index (χ4n) is 0.588. The average Bonchev–Trinajstić information content (AvgIpc) is 1.79. The zero-order chi connectivity index (χ0) is 6.74. The van der Waals surface area contributed by atoms with Gasteiger partial charge in [-0.2, -0.15) is 4.99 Å². The molecule has 1 fully saturated rings. The number of rotatable bonds is 2. The summed E-state index contributed by atoms with van der Waals surface area (Å²) in [4.78, 5) is 13.2. The first kappa shape index (κ1) is 6.42. The second kappa shape index (κ2) is 2.27. The average molecular weight is 129 g/mol. The highest BCUT2D eigenvalue weighted by Gasteiger charge is 2.38. The van der Waals surface area contributed by atoms with Crippen LogP contribution in [0, 0.1) is 0 Å². The Morgan fingerprint density at radius 1 is 1.78 bits per heavy atom. The molecule has 50 valence electrons. The quantitative estimate of drug-likeness (QED) is 0.379. The number of carbonyl (C=O) groups excluding carboxylic acids is 1. The number of methoxy groups -OCH3 is 1. The second-order valence-electron chi connectivity index (χ2n) is 1.85. The molecule has 0 saturated carbocycles. The summed E-state index contributed by atoms with van der Waals surface area (Å²) in [6.07, 6.45) is 1.43. The molecule has 0 aromatic heterocycles. The molecule has 0 unspecified atom stereocenters. The Labute approximate surface area is 52.5 Å². The third kappa shape index (κ3) is 1.00. The van der Waals surface area contributed by atoms with E-state index in [4.69, 9.17) is 9.47 Å². The topological polar surface area (TPSA) is 47.9 Å². The molecule has 9 heavy (non-hydrogen) atoms. The molecule has 4 nitrogen and oxygen atoms in total. The first-order valence-electron chi connectivity index (χ1n) is 2.55. The van der Waals surface area contributed by atoms with Crippen LogP contribution in [-0.2, 0) is 14.3 Å². The number of hydrogen-bond acceptors (Lipinski definition) is 4. The maximum Gasteiger partial charge on any atom is 0.238 e. The lowest BCUT2D eigenvalue weighted by Crippen LogP contribution is -2.49. The minimum Gasteiger partial charge on any atom is -0.371 e. The molecule has 1 aliphatic rings. The number of aliphatic imine (C=N–C) groups is 1. The van der Waals surface area contributed by atoms with Crippen molar-refractivity contribution < 1.29 is 14.3 Å². The summed E-state index contributed by atoms with van der Waals surface area (Å²) in [6, 6.07) is 0. The number of nitrogens with zero attached hydrogens (tertiary/aromatic N) is 1. The van der Waals surface area contributed by atoms with Crippen LogP contribution >= 0.6 is 0 Å². The summed E-state index contributed by atoms with van der Waals surface area (Å²) < 4.78 is 9.64. The highest BCUT2D eigenvalue weighted by Crippen LogP contribution is 2.21. The summed E-state index contributed by atoms with van der Waals surface area (Å²) in [6.45, 7) is 0.720. The molecule has 1 rings (SSSR count). The Bertz CT molecular complexity index is 141. The summed E-state index contributed by atoms with van der Waals surface area (Å²) in [5.74, 6) is 0. The van der Waals surface area contributed by atoms with Crippen LogP contribution in [0.15, 0.2) is 4.99 Å². The third-order valence-corrected chi connectivity index (χ3v) is 1.28. The normalized spacial score (nSPS) is 21.9. The predicted octanol–water partition coefficient (Wildman–Crippen LogP) is -0.305. The van der Waals surface area contributed by atoms with Crippen LogP contribution in [0.3, 0.4) is 0 Å². The van der Waals surface area contributed by atoms with Crippen LogP contribution in [0.2, 0.25) is 0 Å². The second-order valence-corrected chi connectivity index (χ2v) is 1.85. The van der Waals surface area contributed by atoms with Gasteiger partial charge in [0.1, 0.15) is 0 Å². The lowest BCUT2D eigenvalue weighted by molar-refractivity contribution is -0.189. The molecule has 0 N–H and O–H groups in total. The summed E-state index contributed by atoms with van der Waals surface area (Å²) in [7, 11) is 1.49. The maximum absolute atomic E-state index is 9.74. The zero-order valence-electron chi connectivity index (χ0n) is 5.09. The molecule has 4 heteroatoms.